The van der Waals surface area contributed by atoms with E-state index in [2.05, 4.69) is 52.3 Å². The molecule has 1 aliphatic rings. The molecule has 2 heterocycles. The molecule has 0 saturated carbocycles. The highest BCUT2D eigenvalue weighted by Gasteiger charge is 2.26. The van der Waals surface area contributed by atoms with Crippen molar-refractivity contribution in [3.63, 3.8) is 0 Å². The van der Waals surface area contributed by atoms with Gasteiger partial charge in [-0.1, -0.05) is 19.6 Å². The van der Waals surface area contributed by atoms with Crippen LogP contribution in [0.5, 0.6) is 0 Å². The Labute approximate surface area is 181 Å². The molecule has 0 atom stereocenters. The van der Waals surface area contributed by atoms with Gasteiger partial charge in [0.05, 0.1) is 17.4 Å². The van der Waals surface area contributed by atoms with E-state index in [0.717, 1.165) is 36.4 Å². The van der Waals surface area contributed by atoms with Gasteiger partial charge in [-0.2, -0.15) is 0 Å². The summed E-state index contributed by atoms with van der Waals surface area (Å²) in [5, 5.41) is 0. The minimum atomic E-state index is -1.07. The fraction of sp³-hybridized carbons (Fsp3) is 0.636. The minimum absolute atomic E-state index is 0.231. The fourth-order valence-corrected chi connectivity index (χ4v) is 4.12. The third-order valence-corrected chi connectivity index (χ3v) is 6.83. The van der Waals surface area contributed by atoms with Gasteiger partial charge in [0.25, 0.3) is 0 Å². The van der Waals surface area contributed by atoms with Gasteiger partial charge >= 0.3 is 6.09 Å². The van der Waals surface area contributed by atoms with Gasteiger partial charge in [0, 0.05) is 46.5 Å². The number of carbonyl (C=O) groups excluding carboxylic acids is 1. The summed E-state index contributed by atoms with van der Waals surface area (Å²) in [6, 6.07) is 7.53. The number of ether oxygens (including phenoxy) is 2. The average molecular weight is 433 g/mol. The molecule has 0 spiro atoms. The quantitative estimate of drug-likeness (QED) is 0.500. The molecule has 166 valence electrons. The number of hydrogen-bond acceptors (Lipinski definition) is 5. The van der Waals surface area contributed by atoms with Crippen molar-refractivity contribution in [1.29, 1.82) is 0 Å². The van der Waals surface area contributed by atoms with Crippen molar-refractivity contribution < 1.29 is 14.3 Å². The summed E-state index contributed by atoms with van der Waals surface area (Å²) in [5.41, 5.74) is 2.72. The standard InChI is InChI=1S/C22H36N4O3Si/c1-22(2,3)29-21(27)25-11-9-24(10-12-25)18-7-8-20-19(15-18)23-16-26(20)17-28-13-14-30(4,5)6/h7-8,15-16H,9-14,17H2,1-6H3. The van der Waals surface area contributed by atoms with Crippen LogP contribution in [0.25, 0.3) is 11.0 Å². The first-order valence-corrected chi connectivity index (χ1v) is 14.5. The highest BCUT2D eigenvalue weighted by atomic mass is 28.3. The molecule has 1 aromatic heterocycles. The van der Waals surface area contributed by atoms with Crippen LogP contribution < -0.4 is 4.90 Å². The maximum Gasteiger partial charge on any atom is 0.410 e. The zero-order chi connectivity index (χ0) is 21.9. The Kier molecular flexibility index (Phi) is 6.77. The number of imidazole rings is 1. The summed E-state index contributed by atoms with van der Waals surface area (Å²) in [6.07, 6.45) is 1.62. The van der Waals surface area contributed by atoms with E-state index in [4.69, 9.17) is 9.47 Å². The summed E-state index contributed by atoms with van der Waals surface area (Å²) >= 11 is 0. The molecule has 0 N–H and O–H groups in total. The topological polar surface area (TPSA) is 59.8 Å². The van der Waals surface area contributed by atoms with Crippen LogP contribution in [0.15, 0.2) is 24.5 Å². The first-order chi connectivity index (χ1) is 14.0. The van der Waals surface area contributed by atoms with Gasteiger partial charge in [-0.05, 0) is 45.0 Å². The molecule has 1 aliphatic heterocycles. The number of rotatable bonds is 6. The molecule has 3 rings (SSSR count). The molecule has 30 heavy (non-hydrogen) atoms. The first kappa shape index (κ1) is 22.6. The smallest absolute Gasteiger partial charge is 0.410 e. The van der Waals surface area contributed by atoms with E-state index < -0.39 is 13.7 Å². The first-order valence-electron chi connectivity index (χ1n) is 10.8. The monoisotopic (exact) mass is 432 g/mol. The molecule has 0 bridgehead atoms. The van der Waals surface area contributed by atoms with Crippen molar-refractivity contribution in [2.45, 2.75) is 58.8 Å². The number of piperazine rings is 1. The lowest BCUT2D eigenvalue weighted by Gasteiger charge is -2.36. The van der Waals surface area contributed by atoms with Gasteiger partial charge in [-0.25, -0.2) is 9.78 Å². The van der Waals surface area contributed by atoms with Crippen molar-refractivity contribution in [3.05, 3.63) is 24.5 Å². The molecule has 1 aromatic carbocycles. The van der Waals surface area contributed by atoms with Crippen molar-refractivity contribution in [2.24, 2.45) is 0 Å². The second kappa shape index (κ2) is 8.97. The van der Waals surface area contributed by atoms with Crippen LogP contribution in [0.2, 0.25) is 25.7 Å². The van der Waals surface area contributed by atoms with Gasteiger partial charge < -0.3 is 23.8 Å². The lowest BCUT2D eigenvalue weighted by molar-refractivity contribution is 0.0240. The Hall–Kier alpha value is -2.06. The van der Waals surface area contributed by atoms with Crippen LogP contribution in [0, 0.1) is 0 Å². The van der Waals surface area contributed by atoms with Crippen LogP contribution in [0.4, 0.5) is 10.5 Å². The summed E-state index contributed by atoms with van der Waals surface area (Å²) in [4.78, 5) is 20.9. The summed E-state index contributed by atoms with van der Waals surface area (Å²) in [7, 11) is -1.07. The maximum atomic E-state index is 12.3. The summed E-state index contributed by atoms with van der Waals surface area (Å²) < 4.78 is 13.4. The van der Waals surface area contributed by atoms with Gasteiger partial charge in [-0.3, -0.25) is 0 Å². The molecule has 1 saturated heterocycles. The van der Waals surface area contributed by atoms with Crippen LogP contribution in [0.3, 0.4) is 0 Å². The Bertz CT molecular complexity index is 861. The fourth-order valence-electron chi connectivity index (χ4n) is 3.37. The molecule has 7 nitrogen and oxygen atoms in total. The number of carbonyl (C=O) groups is 1. The predicted octanol–water partition coefficient (Wildman–Crippen LogP) is 4.41. The Morgan fingerprint density at radius 1 is 1.13 bits per heavy atom. The number of amides is 1. The van der Waals surface area contributed by atoms with Crippen LogP contribution in [-0.4, -0.2) is 67.0 Å². The molecule has 1 fully saturated rings. The minimum Gasteiger partial charge on any atom is -0.444 e. The van der Waals surface area contributed by atoms with Gasteiger partial charge in [-0.15, -0.1) is 0 Å². The lowest BCUT2D eigenvalue weighted by Crippen LogP contribution is -2.50. The molecule has 8 heteroatoms. The predicted molar refractivity (Wildman–Crippen MR) is 124 cm³/mol. The highest BCUT2D eigenvalue weighted by Crippen LogP contribution is 2.23. The van der Waals surface area contributed by atoms with Crippen LogP contribution in [-0.2, 0) is 16.2 Å². The molecular formula is C22H36N4O3Si. The SMILES string of the molecule is CC(C)(C)OC(=O)N1CCN(c2ccc3c(c2)ncn3COCC[Si](C)(C)C)CC1. The van der Waals surface area contributed by atoms with Crippen molar-refractivity contribution >= 4 is 30.9 Å². The average Bonchev–Trinajstić information content (AvgIpc) is 3.05. The number of benzene rings is 1. The van der Waals surface area contributed by atoms with Crippen molar-refractivity contribution in [1.82, 2.24) is 14.5 Å². The number of fused-ring (bicyclic) bond motifs is 1. The lowest BCUT2D eigenvalue weighted by atomic mass is 10.2. The van der Waals surface area contributed by atoms with E-state index in [-0.39, 0.29) is 6.09 Å². The van der Waals surface area contributed by atoms with E-state index in [1.807, 2.05) is 27.1 Å². The normalized spacial score (nSPS) is 15.7. The van der Waals surface area contributed by atoms with E-state index in [0.29, 0.717) is 19.8 Å². The Balaban J connectivity index is 1.56. The van der Waals surface area contributed by atoms with Gasteiger partial charge in [0.2, 0.25) is 0 Å². The third-order valence-electron chi connectivity index (χ3n) is 5.13. The zero-order valence-corrected chi connectivity index (χ0v) is 20.3. The number of anilines is 1. The molecule has 0 aliphatic carbocycles. The molecule has 0 radical (unpaired) electrons. The zero-order valence-electron chi connectivity index (χ0n) is 19.3. The van der Waals surface area contributed by atoms with E-state index in [1.165, 1.54) is 6.04 Å². The van der Waals surface area contributed by atoms with Crippen molar-refractivity contribution in [3.8, 4) is 0 Å². The second-order valence-electron chi connectivity index (χ2n) is 10.2. The van der Waals surface area contributed by atoms with E-state index in [1.54, 1.807) is 4.90 Å². The molecule has 0 unspecified atom stereocenters. The molecule has 1 amide bonds. The molecule has 2 aromatic rings. The summed E-state index contributed by atoms with van der Waals surface area (Å²) in [6.45, 7) is 17.0. The molecular weight excluding hydrogens is 396 g/mol. The van der Waals surface area contributed by atoms with Crippen LogP contribution in [0.1, 0.15) is 20.8 Å². The number of nitrogens with zero attached hydrogens (tertiary/aromatic N) is 4. The van der Waals surface area contributed by atoms with Gasteiger partial charge in [0.15, 0.2) is 0 Å². The summed E-state index contributed by atoms with van der Waals surface area (Å²) in [5.74, 6) is 0. The van der Waals surface area contributed by atoms with Crippen LogP contribution >= 0.6 is 0 Å². The maximum absolute atomic E-state index is 12.3. The van der Waals surface area contributed by atoms with Gasteiger partial charge in [0.1, 0.15) is 12.3 Å². The van der Waals surface area contributed by atoms with E-state index in [9.17, 15) is 4.79 Å². The number of aromatic nitrogens is 2. The Morgan fingerprint density at radius 2 is 1.83 bits per heavy atom. The Morgan fingerprint density at radius 3 is 2.47 bits per heavy atom. The largest absolute Gasteiger partial charge is 0.444 e. The number of hydrogen-bond donors (Lipinski definition) is 0. The second-order valence-corrected chi connectivity index (χ2v) is 15.8. The highest BCUT2D eigenvalue weighted by molar-refractivity contribution is 6.76. The van der Waals surface area contributed by atoms with E-state index >= 15 is 0 Å². The third kappa shape index (κ3) is 6.22. The van der Waals surface area contributed by atoms with Crippen molar-refractivity contribution in [2.75, 3.05) is 37.7 Å².